The molecule has 2 nitrogen and oxygen atoms in total. The lowest BCUT2D eigenvalue weighted by Crippen LogP contribution is -2.25. The van der Waals surface area contributed by atoms with Gasteiger partial charge in [0.1, 0.15) is 0 Å². The molecular formula is C19H21NO. The molecule has 1 aliphatic carbocycles. The van der Waals surface area contributed by atoms with E-state index in [2.05, 4.69) is 11.4 Å². The van der Waals surface area contributed by atoms with E-state index in [1.165, 1.54) is 31.3 Å². The Balaban J connectivity index is 1.65. The highest BCUT2D eigenvalue weighted by Gasteiger charge is 2.09. The van der Waals surface area contributed by atoms with Gasteiger partial charge in [-0.1, -0.05) is 48.0 Å². The van der Waals surface area contributed by atoms with Gasteiger partial charge in [0.25, 0.3) is 5.91 Å². The minimum absolute atomic E-state index is 0.0307. The molecule has 0 bridgehead atoms. The summed E-state index contributed by atoms with van der Waals surface area (Å²) in [6.07, 6.45) is 8.33. The number of nitrogens with one attached hydrogen (secondary N) is 1. The van der Waals surface area contributed by atoms with Crippen LogP contribution in [0.3, 0.4) is 0 Å². The van der Waals surface area contributed by atoms with Gasteiger partial charge in [-0.05, 0) is 48.9 Å². The molecule has 0 spiro atoms. The molecule has 0 heterocycles. The Hall–Kier alpha value is -2.09. The summed E-state index contributed by atoms with van der Waals surface area (Å²) in [7, 11) is 0. The van der Waals surface area contributed by atoms with Crippen LogP contribution in [-0.4, -0.2) is 12.5 Å². The quantitative estimate of drug-likeness (QED) is 0.822. The third kappa shape index (κ3) is 3.33. The zero-order valence-corrected chi connectivity index (χ0v) is 12.3. The predicted octanol–water partition coefficient (Wildman–Crippen LogP) is 4.46. The molecule has 2 heteroatoms. The average molecular weight is 279 g/mol. The summed E-state index contributed by atoms with van der Waals surface area (Å²) in [5.74, 6) is 0.0307. The van der Waals surface area contributed by atoms with Crippen LogP contribution in [0.25, 0.3) is 10.8 Å². The summed E-state index contributed by atoms with van der Waals surface area (Å²) in [6, 6.07) is 13.9. The summed E-state index contributed by atoms with van der Waals surface area (Å²) >= 11 is 0. The maximum absolute atomic E-state index is 12.4. The molecule has 2 aromatic rings. The van der Waals surface area contributed by atoms with E-state index < -0.39 is 0 Å². The zero-order valence-electron chi connectivity index (χ0n) is 12.3. The lowest BCUT2D eigenvalue weighted by molar-refractivity contribution is 0.0955. The van der Waals surface area contributed by atoms with Crippen LogP contribution in [0.15, 0.2) is 54.1 Å². The molecule has 2 aromatic carbocycles. The lowest BCUT2D eigenvalue weighted by Gasteiger charge is -2.13. The first-order valence-corrected chi connectivity index (χ1v) is 7.78. The van der Waals surface area contributed by atoms with Gasteiger partial charge in [-0.3, -0.25) is 4.79 Å². The molecule has 0 unspecified atom stereocenters. The van der Waals surface area contributed by atoms with Crippen molar-refractivity contribution in [3.8, 4) is 0 Å². The normalized spacial score (nSPS) is 14.8. The Morgan fingerprint density at radius 2 is 1.90 bits per heavy atom. The number of hydrogen-bond donors (Lipinski definition) is 1. The van der Waals surface area contributed by atoms with Crippen molar-refractivity contribution in [2.45, 2.75) is 32.1 Å². The van der Waals surface area contributed by atoms with Gasteiger partial charge in [0.2, 0.25) is 0 Å². The van der Waals surface area contributed by atoms with Gasteiger partial charge in [-0.25, -0.2) is 0 Å². The highest BCUT2D eigenvalue weighted by Crippen LogP contribution is 2.20. The first-order valence-electron chi connectivity index (χ1n) is 7.78. The Morgan fingerprint density at radius 3 is 2.76 bits per heavy atom. The molecule has 0 saturated carbocycles. The lowest BCUT2D eigenvalue weighted by atomic mass is 9.97. The molecular weight excluding hydrogens is 258 g/mol. The summed E-state index contributed by atoms with van der Waals surface area (Å²) in [5.41, 5.74) is 2.27. The van der Waals surface area contributed by atoms with Gasteiger partial charge in [0, 0.05) is 12.1 Å². The molecule has 108 valence electrons. The fourth-order valence-corrected chi connectivity index (χ4v) is 2.99. The van der Waals surface area contributed by atoms with Crippen LogP contribution < -0.4 is 5.32 Å². The van der Waals surface area contributed by atoms with E-state index in [1.54, 1.807) is 0 Å². The average Bonchev–Trinajstić information content (AvgIpc) is 2.55. The van der Waals surface area contributed by atoms with E-state index in [0.717, 1.165) is 29.3 Å². The van der Waals surface area contributed by atoms with Crippen LogP contribution >= 0.6 is 0 Å². The van der Waals surface area contributed by atoms with Gasteiger partial charge >= 0.3 is 0 Å². The van der Waals surface area contributed by atoms with Crippen LogP contribution in [0.2, 0.25) is 0 Å². The van der Waals surface area contributed by atoms with Gasteiger partial charge in [0.15, 0.2) is 0 Å². The van der Waals surface area contributed by atoms with Crippen molar-refractivity contribution in [2.24, 2.45) is 0 Å². The Labute approximate surface area is 125 Å². The number of carbonyl (C=O) groups is 1. The van der Waals surface area contributed by atoms with Crippen molar-refractivity contribution >= 4 is 16.7 Å². The third-order valence-corrected chi connectivity index (χ3v) is 4.15. The summed E-state index contributed by atoms with van der Waals surface area (Å²) in [5, 5.41) is 5.19. The van der Waals surface area contributed by atoms with E-state index in [1.807, 2.05) is 42.5 Å². The number of hydrogen-bond acceptors (Lipinski definition) is 1. The van der Waals surface area contributed by atoms with Gasteiger partial charge in [0.05, 0.1) is 0 Å². The monoisotopic (exact) mass is 279 g/mol. The number of fused-ring (bicyclic) bond motifs is 1. The topological polar surface area (TPSA) is 29.1 Å². The van der Waals surface area contributed by atoms with Crippen molar-refractivity contribution in [1.82, 2.24) is 5.32 Å². The number of benzene rings is 2. The summed E-state index contributed by atoms with van der Waals surface area (Å²) in [6.45, 7) is 0.730. The number of carbonyl (C=O) groups excluding carboxylic acids is 1. The molecule has 0 radical (unpaired) electrons. The van der Waals surface area contributed by atoms with E-state index in [4.69, 9.17) is 0 Å². The molecule has 0 aromatic heterocycles. The molecule has 1 amide bonds. The Kier molecular flexibility index (Phi) is 4.34. The molecule has 0 aliphatic heterocycles. The Morgan fingerprint density at radius 1 is 1.05 bits per heavy atom. The minimum atomic E-state index is 0.0307. The first-order chi connectivity index (χ1) is 10.3. The second-order valence-corrected chi connectivity index (χ2v) is 5.64. The fraction of sp³-hybridized carbons (Fsp3) is 0.316. The van der Waals surface area contributed by atoms with E-state index in [0.29, 0.717) is 0 Å². The molecule has 0 atom stereocenters. The molecule has 1 N–H and O–H groups in total. The maximum atomic E-state index is 12.4. The first kappa shape index (κ1) is 13.9. The summed E-state index contributed by atoms with van der Waals surface area (Å²) < 4.78 is 0. The van der Waals surface area contributed by atoms with Gasteiger partial charge < -0.3 is 5.32 Å². The largest absolute Gasteiger partial charge is 0.352 e. The van der Waals surface area contributed by atoms with Crippen LogP contribution in [0.4, 0.5) is 0 Å². The van der Waals surface area contributed by atoms with E-state index in [9.17, 15) is 4.79 Å². The molecule has 0 fully saturated rings. The number of amides is 1. The SMILES string of the molecule is O=C(NCCC1=CCCCC1)c1cccc2ccccc12. The van der Waals surface area contributed by atoms with Crippen molar-refractivity contribution in [3.63, 3.8) is 0 Å². The molecule has 21 heavy (non-hydrogen) atoms. The van der Waals surface area contributed by atoms with Crippen molar-refractivity contribution in [3.05, 3.63) is 59.7 Å². The van der Waals surface area contributed by atoms with Crippen molar-refractivity contribution in [1.29, 1.82) is 0 Å². The van der Waals surface area contributed by atoms with Crippen LogP contribution in [0, 0.1) is 0 Å². The zero-order chi connectivity index (χ0) is 14.5. The standard InChI is InChI=1S/C19H21NO/c21-19(20-14-13-15-7-2-1-3-8-15)18-12-6-10-16-9-4-5-11-17(16)18/h4-7,9-12H,1-3,8,13-14H2,(H,20,21). The van der Waals surface area contributed by atoms with Crippen LogP contribution in [-0.2, 0) is 0 Å². The molecule has 0 saturated heterocycles. The highest BCUT2D eigenvalue weighted by atomic mass is 16.1. The van der Waals surface area contributed by atoms with Crippen molar-refractivity contribution in [2.75, 3.05) is 6.54 Å². The number of allylic oxidation sites excluding steroid dienone is 1. The fourth-order valence-electron chi connectivity index (χ4n) is 2.99. The third-order valence-electron chi connectivity index (χ3n) is 4.15. The van der Waals surface area contributed by atoms with Crippen LogP contribution in [0.5, 0.6) is 0 Å². The van der Waals surface area contributed by atoms with Crippen LogP contribution in [0.1, 0.15) is 42.5 Å². The second-order valence-electron chi connectivity index (χ2n) is 5.64. The molecule has 1 aliphatic rings. The molecule has 3 rings (SSSR count). The van der Waals surface area contributed by atoms with E-state index in [-0.39, 0.29) is 5.91 Å². The second kappa shape index (κ2) is 6.57. The smallest absolute Gasteiger partial charge is 0.251 e. The highest BCUT2D eigenvalue weighted by molar-refractivity contribution is 6.06. The maximum Gasteiger partial charge on any atom is 0.251 e. The van der Waals surface area contributed by atoms with Gasteiger partial charge in [-0.15, -0.1) is 0 Å². The minimum Gasteiger partial charge on any atom is -0.352 e. The van der Waals surface area contributed by atoms with Crippen molar-refractivity contribution < 1.29 is 4.79 Å². The van der Waals surface area contributed by atoms with E-state index >= 15 is 0 Å². The van der Waals surface area contributed by atoms with Gasteiger partial charge in [-0.2, -0.15) is 0 Å². The predicted molar refractivity (Wildman–Crippen MR) is 87.4 cm³/mol. The summed E-state index contributed by atoms with van der Waals surface area (Å²) in [4.78, 5) is 12.4. The number of rotatable bonds is 4. The Bertz CT molecular complexity index is 667.